The van der Waals surface area contributed by atoms with Crippen LogP contribution in [0.2, 0.25) is 0 Å². The largest absolute Gasteiger partial charge is 0.388 e. The molecule has 0 aromatic rings. The van der Waals surface area contributed by atoms with Crippen LogP contribution in [0.1, 0.15) is 39.0 Å². The zero-order valence-electron chi connectivity index (χ0n) is 9.91. The molecule has 0 radical (unpaired) electrons. The summed E-state index contributed by atoms with van der Waals surface area (Å²) in [5, 5.41) is 13.0. The summed E-state index contributed by atoms with van der Waals surface area (Å²) in [6, 6.07) is 0. The molecule has 0 heterocycles. The van der Waals surface area contributed by atoms with Crippen molar-refractivity contribution in [2.24, 2.45) is 11.8 Å². The fraction of sp³-hybridized carbons (Fsp3) is 0.769. The first-order chi connectivity index (χ1) is 7.59. The first-order valence-electron chi connectivity index (χ1n) is 6.25. The van der Waals surface area contributed by atoms with Crippen LogP contribution in [0.4, 0.5) is 0 Å². The number of aliphatic hydroxyl groups is 1. The summed E-state index contributed by atoms with van der Waals surface area (Å²) in [5.41, 5.74) is -0.708. The lowest BCUT2D eigenvalue weighted by Gasteiger charge is -2.25. The highest BCUT2D eigenvalue weighted by Gasteiger charge is 2.40. The monoisotopic (exact) mass is 223 g/mol. The SMILES string of the molecule is C[C@](O)(CNC(=O)[C@@H]1CC=CCC1)C1CC1. The van der Waals surface area contributed by atoms with Gasteiger partial charge in [0.05, 0.1) is 5.60 Å². The Hall–Kier alpha value is -0.830. The van der Waals surface area contributed by atoms with Gasteiger partial charge in [-0.1, -0.05) is 12.2 Å². The Labute approximate surface area is 96.9 Å². The highest BCUT2D eigenvalue weighted by atomic mass is 16.3. The zero-order valence-corrected chi connectivity index (χ0v) is 9.91. The van der Waals surface area contributed by atoms with E-state index >= 15 is 0 Å². The molecule has 1 fully saturated rings. The first kappa shape index (κ1) is 11.6. The van der Waals surface area contributed by atoms with Crippen molar-refractivity contribution in [2.75, 3.05) is 6.54 Å². The van der Waals surface area contributed by atoms with E-state index in [1.807, 2.05) is 6.92 Å². The van der Waals surface area contributed by atoms with E-state index in [4.69, 9.17) is 0 Å². The van der Waals surface area contributed by atoms with Gasteiger partial charge in [0.2, 0.25) is 5.91 Å². The van der Waals surface area contributed by atoms with Crippen LogP contribution in [0, 0.1) is 11.8 Å². The van der Waals surface area contributed by atoms with Crippen LogP contribution in [0.5, 0.6) is 0 Å². The van der Waals surface area contributed by atoms with Crippen LogP contribution >= 0.6 is 0 Å². The number of nitrogens with one attached hydrogen (secondary N) is 1. The number of rotatable bonds is 4. The van der Waals surface area contributed by atoms with Gasteiger partial charge in [-0.2, -0.15) is 0 Å². The summed E-state index contributed by atoms with van der Waals surface area (Å²) in [5.74, 6) is 0.601. The molecule has 0 spiro atoms. The Morgan fingerprint density at radius 1 is 1.44 bits per heavy atom. The van der Waals surface area contributed by atoms with Gasteiger partial charge in [0, 0.05) is 12.5 Å². The van der Waals surface area contributed by atoms with Crippen molar-refractivity contribution in [1.82, 2.24) is 5.32 Å². The Bertz CT molecular complexity index is 292. The Morgan fingerprint density at radius 3 is 2.75 bits per heavy atom. The fourth-order valence-corrected chi connectivity index (χ4v) is 2.29. The molecule has 0 aliphatic heterocycles. The minimum absolute atomic E-state index is 0.102. The van der Waals surface area contributed by atoms with Gasteiger partial charge in [-0.25, -0.2) is 0 Å². The molecule has 2 aliphatic carbocycles. The van der Waals surface area contributed by atoms with Crippen LogP contribution in [0.15, 0.2) is 12.2 Å². The zero-order chi connectivity index (χ0) is 11.6. The lowest BCUT2D eigenvalue weighted by Crippen LogP contribution is -2.44. The summed E-state index contributed by atoms with van der Waals surface area (Å²) >= 11 is 0. The van der Waals surface area contributed by atoms with Gasteiger partial charge in [0.25, 0.3) is 0 Å². The molecule has 3 nitrogen and oxygen atoms in total. The molecular formula is C13H21NO2. The smallest absolute Gasteiger partial charge is 0.223 e. The molecule has 2 aliphatic rings. The molecule has 2 atom stereocenters. The van der Waals surface area contributed by atoms with Crippen LogP contribution < -0.4 is 5.32 Å². The number of carbonyl (C=O) groups excluding carboxylic acids is 1. The normalized spacial score (nSPS) is 28.5. The van der Waals surface area contributed by atoms with E-state index in [2.05, 4.69) is 17.5 Å². The summed E-state index contributed by atoms with van der Waals surface area (Å²) in [6.07, 6.45) is 9.17. The Morgan fingerprint density at radius 2 is 2.19 bits per heavy atom. The van der Waals surface area contributed by atoms with Crippen LogP contribution in [-0.4, -0.2) is 23.2 Å². The second kappa shape index (κ2) is 4.58. The van der Waals surface area contributed by atoms with Crippen molar-refractivity contribution in [3.8, 4) is 0 Å². The number of amides is 1. The fourth-order valence-electron chi connectivity index (χ4n) is 2.29. The summed E-state index contributed by atoms with van der Waals surface area (Å²) < 4.78 is 0. The van der Waals surface area contributed by atoms with E-state index in [1.54, 1.807) is 0 Å². The summed E-state index contributed by atoms with van der Waals surface area (Å²) in [6.45, 7) is 2.22. The number of allylic oxidation sites excluding steroid dienone is 2. The molecule has 0 aromatic carbocycles. The van der Waals surface area contributed by atoms with E-state index in [0.717, 1.165) is 32.1 Å². The maximum Gasteiger partial charge on any atom is 0.223 e. The van der Waals surface area contributed by atoms with E-state index in [9.17, 15) is 9.90 Å². The molecule has 0 bridgehead atoms. The van der Waals surface area contributed by atoms with E-state index in [-0.39, 0.29) is 11.8 Å². The van der Waals surface area contributed by atoms with Crippen molar-refractivity contribution >= 4 is 5.91 Å². The van der Waals surface area contributed by atoms with Crippen molar-refractivity contribution in [3.63, 3.8) is 0 Å². The van der Waals surface area contributed by atoms with E-state index in [0.29, 0.717) is 12.5 Å². The highest BCUT2D eigenvalue weighted by Crippen LogP contribution is 2.39. The minimum Gasteiger partial charge on any atom is -0.388 e. The van der Waals surface area contributed by atoms with Crippen LogP contribution in [0.25, 0.3) is 0 Å². The van der Waals surface area contributed by atoms with Gasteiger partial charge < -0.3 is 10.4 Å². The second-order valence-corrected chi connectivity index (χ2v) is 5.33. The average Bonchev–Trinajstić information content (AvgIpc) is 3.11. The number of carbonyl (C=O) groups is 1. The second-order valence-electron chi connectivity index (χ2n) is 5.33. The maximum absolute atomic E-state index is 11.8. The van der Waals surface area contributed by atoms with Crippen LogP contribution in [0.3, 0.4) is 0 Å². The molecule has 16 heavy (non-hydrogen) atoms. The van der Waals surface area contributed by atoms with Gasteiger partial charge >= 0.3 is 0 Å². The third-order valence-electron chi connectivity index (χ3n) is 3.72. The average molecular weight is 223 g/mol. The topological polar surface area (TPSA) is 49.3 Å². The lowest BCUT2D eigenvalue weighted by atomic mass is 9.93. The third-order valence-corrected chi connectivity index (χ3v) is 3.72. The van der Waals surface area contributed by atoms with E-state index in [1.165, 1.54) is 0 Å². The van der Waals surface area contributed by atoms with Gasteiger partial charge in [-0.05, 0) is 44.9 Å². The molecule has 0 aromatic heterocycles. The maximum atomic E-state index is 11.8. The van der Waals surface area contributed by atoms with Crippen molar-refractivity contribution in [2.45, 2.75) is 44.6 Å². The van der Waals surface area contributed by atoms with E-state index < -0.39 is 5.60 Å². The molecule has 2 rings (SSSR count). The van der Waals surface area contributed by atoms with Crippen molar-refractivity contribution in [1.29, 1.82) is 0 Å². The predicted octanol–water partition coefficient (Wildman–Crippen LogP) is 1.62. The van der Waals surface area contributed by atoms with Crippen molar-refractivity contribution < 1.29 is 9.90 Å². The molecule has 0 saturated heterocycles. The number of hydrogen-bond donors (Lipinski definition) is 2. The summed E-state index contributed by atoms with van der Waals surface area (Å²) in [7, 11) is 0. The minimum atomic E-state index is -0.708. The predicted molar refractivity (Wildman–Crippen MR) is 62.8 cm³/mol. The van der Waals surface area contributed by atoms with Gasteiger partial charge in [0.1, 0.15) is 0 Å². The quantitative estimate of drug-likeness (QED) is 0.711. The summed E-state index contributed by atoms with van der Waals surface area (Å²) in [4.78, 5) is 11.8. The molecule has 0 unspecified atom stereocenters. The molecule has 1 saturated carbocycles. The van der Waals surface area contributed by atoms with Crippen LogP contribution in [-0.2, 0) is 4.79 Å². The molecule has 90 valence electrons. The molecule has 3 heteroatoms. The molecule has 2 N–H and O–H groups in total. The standard InChI is InChI=1S/C13H21NO2/c1-13(16,11-7-8-11)9-14-12(15)10-5-3-2-4-6-10/h2-3,10-11,16H,4-9H2,1H3,(H,14,15)/t10-,13+/m1/s1. The Kier molecular flexibility index (Phi) is 3.33. The highest BCUT2D eigenvalue weighted by molar-refractivity contribution is 5.79. The number of hydrogen-bond acceptors (Lipinski definition) is 2. The molecule has 1 amide bonds. The van der Waals surface area contributed by atoms with Crippen molar-refractivity contribution in [3.05, 3.63) is 12.2 Å². The Balaban J connectivity index is 1.76. The van der Waals surface area contributed by atoms with Gasteiger partial charge in [-0.15, -0.1) is 0 Å². The first-order valence-corrected chi connectivity index (χ1v) is 6.25. The van der Waals surface area contributed by atoms with Gasteiger partial charge in [0.15, 0.2) is 0 Å². The molecular weight excluding hydrogens is 202 g/mol. The lowest BCUT2D eigenvalue weighted by molar-refractivity contribution is -0.126. The third kappa shape index (κ3) is 2.85. The van der Waals surface area contributed by atoms with Gasteiger partial charge in [-0.3, -0.25) is 4.79 Å².